The molecule has 0 saturated heterocycles. The van der Waals surface area contributed by atoms with Gasteiger partial charge >= 0.3 is 0 Å². The minimum absolute atomic E-state index is 0.189. The van der Waals surface area contributed by atoms with Crippen molar-refractivity contribution in [3.8, 4) is 0 Å². The molecule has 1 heteroatoms. The highest BCUT2D eigenvalue weighted by atomic mass is 14.9. The number of hydrogen-bond acceptors (Lipinski definition) is 1. The Labute approximate surface area is 153 Å². The van der Waals surface area contributed by atoms with E-state index in [9.17, 15) is 0 Å². The van der Waals surface area contributed by atoms with Crippen LogP contribution in [0.4, 0.5) is 0 Å². The molecule has 1 N–H and O–H groups in total. The zero-order valence-corrected chi connectivity index (χ0v) is 16.3. The van der Waals surface area contributed by atoms with E-state index in [2.05, 4.69) is 101 Å². The first-order valence-corrected chi connectivity index (χ1v) is 9.18. The summed E-state index contributed by atoms with van der Waals surface area (Å²) in [7, 11) is 0. The van der Waals surface area contributed by atoms with Gasteiger partial charge in [0.05, 0.1) is 6.04 Å². The highest BCUT2D eigenvalue weighted by Crippen LogP contribution is 2.31. The van der Waals surface area contributed by atoms with E-state index in [1.165, 1.54) is 27.8 Å². The van der Waals surface area contributed by atoms with Crippen molar-refractivity contribution in [3.05, 3.63) is 83.6 Å². The highest BCUT2D eigenvalue weighted by molar-refractivity contribution is 5.77. The van der Waals surface area contributed by atoms with E-state index >= 15 is 0 Å². The van der Waals surface area contributed by atoms with Crippen LogP contribution in [0.5, 0.6) is 0 Å². The molecule has 132 valence electrons. The van der Waals surface area contributed by atoms with Crippen LogP contribution in [-0.4, -0.2) is 0 Å². The van der Waals surface area contributed by atoms with Crippen LogP contribution in [0.25, 0.3) is 11.1 Å². The Morgan fingerprint density at radius 1 is 1.28 bits per heavy atom. The van der Waals surface area contributed by atoms with E-state index in [1.807, 2.05) is 0 Å². The van der Waals surface area contributed by atoms with Crippen molar-refractivity contribution in [2.24, 2.45) is 5.92 Å². The lowest BCUT2D eigenvalue weighted by atomic mass is 9.89. The molecule has 1 aromatic rings. The molecular formula is C24H31N. The third kappa shape index (κ3) is 4.85. The fourth-order valence-electron chi connectivity index (χ4n) is 3.29. The Bertz CT molecular complexity index is 741. The molecule has 1 aromatic carbocycles. The number of rotatable bonds is 6. The third-order valence-electron chi connectivity index (χ3n) is 4.43. The third-order valence-corrected chi connectivity index (χ3v) is 4.43. The van der Waals surface area contributed by atoms with E-state index in [-0.39, 0.29) is 6.04 Å². The van der Waals surface area contributed by atoms with Crippen LogP contribution in [-0.2, 0) is 0 Å². The van der Waals surface area contributed by atoms with Gasteiger partial charge in [-0.05, 0) is 79.3 Å². The minimum Gasteiger partial charge on any atom is -0.381 e. The van der Waals surface area contributed by atoms with Crippen LogP contribution in [0.2, 0.25) is 0 Å². The SMILES string of the molecule is C=C(C)c1ccc(C(/C=C\C)=C/C)cc1C1C=C(CC(C)C)C=CN1. The number of nitrogens with one attached hydrogen (secondary N) is 1. The molecule has 25 heavy (non-hydrogen) atoms. The summed E-state index contributed by atoms with van der Waals surface area (Å²) >= 11 is 0. The Morgan fingerprint density at radius 2 is 2.04 bits per heavy atom. The molecular weight excluding hydrogens is 302 g/mol. The van der Waals surface area contributed by atoms with Gasteiger partial charge in [-0.25, -0.2) is 0 Å². The Kier molecular flexibility index (Phi) is 6.64. The van der Waals surface area contributed by atoms with Crippen LogP contribution in [0, 0.1) is 5.92 Å². The molecule has 1 atom stereocenters. The van der Waals surface area contributed by atoms with Crippen LogP contribution in [0.3, 0.4) is 0 Å². The van der Waals surface area contributed by atoms with Gasteiger partial charge in [0.25, 0.3) is 0 Å². The zero-order valence-electron chi connectivity index (χ0n) is 16.3. The van der Waals surface area contributed by atoms with Crippen LogP contribution in [0.1, 0.15) is 63.8 Å². The molecule has 1 unspecified atom stereocenters. The molecule has 0 amide bonds. The number of allylic oxidation sites excluding steroid dienone is 7. The van der Waals surface area contributed by atoms with Gasteiger partial charge in [0.15, 0.2) is 0 Å². The van der Waals surface area contributed by atoms with Gasteiger partial charge in [-0.1, -0.05) is 62.4 Å². The van der Waals surface area contributed by atoms with Crippen molar-refractivity contribution in [1.29, 1.82) is 0 Å². The van der Waals surface area contributed by atoms with Gasteiger partial charge < -0.3 is 5.32 Å². The first kappa shape index (κ1) is 19.1. The normalized spacial score (nSPS) is 17.8. The number of benzene rings is 1. The predicted octanol–water partition coefficient (Wildman–Crippen LogP) is 6.83. The molecule has 1 nitrogen and oxygen atoms in total. The van der Waals surface area contributed by atoms with Crippen molar-refractivity contribution in [3.63, 3.8) is 0 Å². The molecule has 1 heterocycles. The summed E-state index contributed by atoms with van der Waals surface area (Å²) in [6, 6.07) is 6.89. The summed E-state index contributed by atoms with van der Waals surface area (Å²) in [5.41, 5.74) is 7.51. The predicted molar refractivity (Wildman–Crippen MR) is 112 cm³/mol. The highest BCUT2D eigenvalue weighted by Gasteiger charge is 2.17. The molecule has 0 saturated carbocycles. The number of dihydropyridines is 1. The molecule has 0 aromatic heterocycles. The summed E-state index contributed by atoms with van der Waals surface area (Å²) in [5.74, 6) is 0.658. The van der Waals surface area contributed by atoms with Gasteiger partial charge in [-0.2, -0.15) is 0 Å². The maximum absolute atomic E-state index is 4.18. The van der Waals surface area contributed by atoms with Crippen LogP contribution < -0.4 is 5.32 Å². The molecule has 0 spiro atoms. The molecule has 0 aliphatic carbocycles. The average Bonchev–Trinajstić information content (AvgIpc) is 2.58. The Balaban J connectivity index is 2.49. The largest absolute Gasteiger partial charge is 0.381 e. The van der Waals surface area contributed by atoms with E-state index in [0.717, 1.165) is 12.0 Å². The second-order valence-electron chi connectivity index (χ2n) is 7.14. The van der Waals surface area contributed by atoms with E-state index < -0.39 is 0 Å². The van der Waals surface area contributed by atoms with Gasteiger partial charge in [0.2, 0.25) is 0 Å². The van der Waals surface area contributed by atoms with E-state index in [0.29, 0.717) is 5.92 Å². The zero-order chi connectivity index (χ0) is 18.4. The van der Waals surface area contributed by atoms with Crippen LogP contribution in [0.15, 0.2) is 66.9 Å². The van der Waals surface area contributed by atoms with Gasteiger partial charge in [-0.15, -0.1) is 0 Å². The van der Waals surface area contributed by atoms with Crippen molar-refractivity contribution in [2.75, 3.05) is 0 Å². The van der Waals surface area contributed by atoms with E-state index in [1.54, 1.807) is 0 Å². The smallest absolute Gasteiger partial charge is 0.0704 e. The lowest BCUT2D eigenvalue weighted by Crippen LogP contribution is -2.18. The first-order chi connectivity index (χ1) is 12.0. The Hall–Kier alpha value is -2.28. The molecule has 0 fully saturated rings. The van der Waals surface area contributed by atoms with Crippen LogP contribution >= 0.6 is 0 Å². The molecule has 1 aliphatic heterocycles. The quantitative estimate of drug-likeness (QED) is 0.563. The van der Waals surface area contributed by atoms with Gasteiger partial charge in [-0.3, -0.25) is 0 Å². The monoisotopic (exact) mass is 333 g/mol. The fourth-order valence-corrected chi connectivity index (χ4v) is 3.29. The maximum Gasteiger partial charge on any atom is 0.0704 e. The summed E-state index contributed by atoms with van der Waals surface area (Å²) in [4.78, 5) is 0. The van der Waals surface area contributed by atoms with Crippen molar-refractivity contribution in [1.82, 2.24) is 5.32 Å². The van der Waals surface area contributed by atoms with Crippen molar-refractivity contribution < 1.29 is 0 Å². The topological polar surface area (TPSA) is 12.0 Å². The second-order valence-corrected chi connectivity index (χ2v) is 7.14. The standard InChI is InChI=1S/C24H31N/c1-7-9-20(8-2)21-10-11-22(18(5)6)23(16-21)24-15-19(12-13-25-24)14-17(3)4/h7-13,15-17,24-25H,5,14H2,1-4,6H3/b9-7-,20-8+. The second kappa shape index (κ2) is 8.71. The molecule has 0 bridgehead atoms. The lowest BCUT2D eigenvalue weighted by Gasteiger charge is -2.24. The average molecular weight is 334 g/mol. The molecule has 0 radical (unpaired) electrons. The fraction of sp³-hybridized carbons (Fsp3) is 0.333. The first-order valence-electron chi connectivity index (χ1n) is 9.18. The van der Waals surface area contributed by atoms with Crippen molar-refractivity contribution >= 4 is 11.1 Å². The number of hydrogen-bond donors (Lipinski definition) is 1. The van der Waals surface area contributed by atoms with Gasteiger partial charge in [0, 0.05) is 0 Å². The molecule has 1 aliphatic rings. The summed E-state index contributed by atoms with van der Waals surface area (Å²) in [5, 5.41) is 3.51. The minimum atomic E-state index is 0.189. The van der Waals surface area contributed by atoms with E-state index in [4.69, 9.17) is 0 Å². The summed E-state index contributed by atoms with van der Waals surface area (Å²) < 4.78 is 0. The molecule has 2 rings (SSSR count). The summed E-state index contributed by atoms with van der Waals surface area (Å²) in [6.07, 6.45) is 14.1. The summed E-state index contributed by atoms with van der Waals surface area (Å²) in [6.45, 7) is 14.9. The van der Waals surface area contributed by atoms with Crippen molar-refractivity contribution in [2.45, 2.75) is 47.1 Å². The lowest BCUT2D eigenvalue weighted by molar-refractivity contribution is 0.634. The van der Waals surface area contributed by atoms with Gasteiger partial charge in [0.1, 0.15) is 0 Å². The Morgan fingerprint density at radius 3 is 2.64 bits per heavy atom. The maximum atomic E-state index is 4.18.